The van der Waals surface area contributed by atoms with E-state index in [1.807, 2.05) is 36.4 Å². The fourth-order valence-corrected chi connectivity index (χ4v) is 3.24. The Morgan fingerprint density at radius 2 is 1.86 bits per heavy atom. The molecule has 1 atom stereocenters. The molecule has 110 valence electrons. The number of nitrogens with zero attached hydrogens (tertiary/aromatic N) is 2. The van der Waals surface area contributed by atoms with E-state index in [-0.39, 0.29) is 6.10 Å². The molecule has 0 spiro atoms. The predicted molar refractivity (Wildman–Crippen MR) is 85.6 cm³/mol. The van der Waals surface area contributed by atoms with Gasteiger partial charge in [0.1, 0.15) is 0 Å². The van der Waals surface area contributed by atoms with Gasteiger partial charge < -0.3 is 10.0 Å². The molecule has 2 aromatic rings. The van der Waals surface area contributed by atoms with Gasteiger partial charge in [0.25, 0.3) is 0 Å². The number of benzene rings is 1. The number of piperidine rings is 1. The highest BCUT2D eigenvalue weighted by atomic mass is 35.5. The first-order valence-electron chi connectivity index (χ1n) is 7.33. The van der Waals surface area contributed by atoms with Gasteiger partial charge in [0, 0.05) is 25.5 Å². The van der Waals surface area contributed by atoms with Crippen LogP contribution in [0.1, 0.15) is 24.5 Å². The molecular formula is C17H19ClN2O. The quantitative estimate of drug-likeness (QED) is 0.939. The minimum Gasteiger partial charge on any atom is -0.388 e. The van der Waals surface area contributed by atoms with Gasteiger partial charge in [0.05, 0.1) is 16.8 Å². The molecule has 1 aliphatic rings. The summed E-state index contributed by atoms with van der Waals surface area (Å²) in [7, 11) is 0. The summed E-state index contributed by atoms with van der Waals surface area (Å²) in [6.45, 7) is 1.83. The summed E-state index contributed by atoms with van der Waals surface area (Å²) in [5.74, 6) is 0.310. The van der Waals surface area contributed by atoms with Crippen molar-refractivity contribution in [2.45, 2.75) is 18.9 Å². The molecule has 0 saturated carbocycles. The second-order valence-corrected chi connectivity index (χ2v) is 5.91. The van der Waals surface area contributed by atoms with Crippen LogP contribution in [0.5, 0.6) is 0 Å². The zero-order chi connectivity index (χ0) is 14.7. The standard InChI is InChI=1S/C17H19ClN2O/c18-15-12-19-9-6-16(15)20-10-7-14(8-11-20)17(21)13-4-2-1-3-5-13/h1-6,9,12,14,17,21H,7-8,10-11H2. The van der Waals surface area contributed by atoms with E-state index in [0.29, 0.717) is 10.9 Å². The number of aromatic nitrogens is 1. The first-order chi connectivity index (χ1) is 10.3. The van der Waals surface area contributed by atoms with E-state index >= 15 is 0 Å². The molecule has 2 heterocycles. The van der Waals surface area contributed by atoms with Crippen molar-refractivity contribution >= 4 is 17.3 Å². The fourth-order valence-electron chi connectivity index (χ4n) is 3.00. The van der Waals surface area contributed by atoms with Crippen LogP contribution in [-0.2, 0) is 0 Å². The van der Waals surface area contributed by atoms with Crippen LogP contribution in [0, 0.1) is 5.92 Å². The lowest BCUT2D eigenvalue weighted by Gasteiger charge is -2.36. The summed E-state index contributed by atoms with van der Waals surface area (Å²) >= 11 is 6.20. The molecule has 1 unspecified atom stereocenters. The van der Waals surface area contributed by atoms with Crippen molar-refractivity contribution in [3.8, 4) is 0 Å². The highest BCUT2D eigenvalue weighted by molar-refractivity contribution is 6.33. The largest absolute Gasteiger partial charge is 0.388 e. The third-order valence-electron chi connectivity index (χ3n) is 4.22. The van der Waals surface area contributed by atoms with Gasteiger partial charge in [-0.2, -0.15) is 0 Å². The summed E-state index contributed by atoms with van der Waals surface area (Å²) in [6.07, 6.45) is 5.01. The van der Waals surface area contributed by atoms with Crippen LogP contribution in [0.4, 0.5) is 5.69 Å². The van der Waals surface area contributed by atoms with Gasteiger partial charge in [-0.05, 0) is 30.4 Å². The molecule has 1 aromatic carbocycles. The van der Waals surface area contributed by atoms with E-state index in [0.717, 1.165) is 37.2 Å². The summed E-state index contributed by atoms with van der Waals surface area (Å²) in [6, 6.07) is 11.9. The number of rotatable bonds is 3. The topological polar surface area (TPSA) is 36.4 Å². The lowest BCUT2D eigenvalue weighted by molar-refractivity contribution is 0.0930. The Morgan fingerprint density at radius 1 is 1.14 bits per heavy atom. The number of pyridine rings is 1. The zero-order valence-corrected chi connectivity index (χ0v) is 12.6. The molecule has 4 heteroatoms. The first kappa shape index (κ1) is 14.4. The number of anilines is 1. The maximum Gasteiger partial charge on any atom is 0.0822 e. The molecule has 1 fully saturated rings. The van der Waals surface area contributed by atoms with Crippen molar-refractivity contribution in [3.63, 3.8) is 0 Å². The number of aliphatic hydroxyl groups is 1. The molecular weight excluding hydrogens is 284 g/mol. The Balaban J connectivity index is 1.64. The SMILES string of the molecule is OC(c1ccccc1)C1CCN(c2ccncc2Cl)CC1. The Hall–Kier alpha value is -1.58. The summed E-state index contributed by atoms with van der Waals surface area (Å²) in [5, 5.41) is 11.2. The highest BCUT2D eigenvalue weighted by Gasteiger charge is 2.26. The van der Waals surface area contributed by atoms with Crippen molar-refractivity contribution in [3.05, 3.63) is 59.4 Å². The predicted octanol–water partition coefficient (Wildman–Crippen LogP) is 3.69. The van der Waals surface area contributed by atoms with Crippen molar-refractivity contribution < 1.29 is 5.11 Å². The van der Waals surface area contributed by atoms with E-state index in [1.165, 1.54) is 0 Å². The van der Waals surface area contributed by atoms with Crippen molar-refractivity contribution in [1.82, 2.24) is 4.98 Å². The fraction of sp³-hybridized carbons (Fsp3) is 0.353. The van der Waals surface area contributed by atoms with Crippen LogP contribution < -0.4 is 4.90 Å². The molecule has 0 amide bonds. The van der Waals surface area contributed by atoms with Gasteiger partial charge in [-0.1, -0.05) is 41.9 Å². The van der Waals surface area contributed by atoms with E-state index < -0.39 is 0 Å². The van der Waals surface area contributed by atoms with Crippen LogP contribution in [0.25, 0.3) is 0 Å². The van der Waals surface area contributed by atoms with Crippen molar-refractivity contribution in [2.75, 3.05) is 18.0 Å². The lowest BCUT2D eigenvalue weighted by atomic mass is 9.87. The Morgan fingerprint density at radius 3 is 2.52 bits per heavy atom. The average molecular weight is 303 g/mol. The second kappa shape index (κ2) is 6.46. The normalized spacial score (nSPS) is 17.7. The van der Waals surface area contributed by atoms with Gasteiger partial charge in [0.15, 0.2) is 0 Å². The zero-order valence-electron chi connectivity index (χ0n) is 11.8. The summed E-state index contributed by atoms with van der Waals surface area (Å²) < 4.78 is 0. The van der Waals surface area contributed by atoms with Gasteiger partial charge in [-0.25, -0.2) is 0 Å². The van der Waals surface area contributed by atoms with Gasteiger partial charge >= 0.3 is 0 Å². The van der Waals surface area contributed by atoms with Gasteiger partial charge in [-0.3, -0.25) is 4.98 Å². The smallest absolute Gasteiger partial charge is 0.0822 e. The molecule has 1 saturated heterocycles. The van der Waals surface area contributed by atoms with Gasteiger partial charge in [0.2, 0.25) is 0 Å². The molecule has 0 radical (unpaired) electrons. The van der Waals surface area contributed by atoms with Crippen LogP contribution in [-0.4, -0.2) is 23.2 Å². The van der Waals surface area contributed by atoms with Gasteiger partial charge in [-0.15, -0.1) is 0 Å². The third-order valence-corrected chi connectivity index (χ3v) is 4.51. The molecule has 0 bridgehead atoms. The molecule has 21 heavy (non-hydrogen) atoms. The van der Waals surface area contributed by atoms with Crippen molar-refractivity contribution in [1.29, 1.82) is 0 Å². The number of hydrogen-bond acceptors (Lipinski definition) is 3. The van der Waals surface area contributed by atoms with E-state index in [4.69, 9.17) is 11.6 Å². The summed E-state index contributed by atoms with van der Waals surface area (Å²) in [4.78, 5) is 6.30. The monoisotopic (exact) mass is 302 g/mol. The van der Waals surface area contributed by atoms with Crippen LogP contribution in [0.2, 0.25) is 5.02 Å². The first-order valence-corrected chi connectivity index (χ1v) is 7.71. The van der Waals surface area contributed by atoms with E-state index in [1.54, 1.807) is 12.4 Å². The Labute approximate surface area is 130 Å². The van der Waals surface area contributed by atoms with Crippen LogP contribution >= 0.6 is 11.6 Å². The number of aliphatic hydroxyl groups excluding tert-OH is 1. The van der Waals surface area contributed by atoms with Crippen molar-refractivity contribution in [2.24, 2.45) is 5.92 Å². The maximum absolute atomic E-state index is 10.5. The lowest BCUT2D eigenvalue weighted by Crippen LogP contribution is -2.35. The molecule has 1 aromatic heterocycles. The van der Waals surface area contributed by atoms with E-state index in [9.17, 15) is 5.11 Å². The van der Waals surface area contributed by atoms with Crippen LogP contribution in [0.15, 0.2) is 48.8 Å². The molecule has 0 aliphatic carbocycles. The number of hydrogen-bond donors (Lipinski definition) is 1. The Bertz CT molecular complexity index is 582. The molecule has 1 N–H and O–H groups in total. The molecule has 3 rings (SSSR count). The minimum absolute atomic E-state index is 0.310. The summed E-state index contributed by atoms with van der Waals surface area (Å²) in [5.41, 5.74) is 2.05. The van der Waals surface area contributed by atoms with E-state index in [2.05, 4.69) is 9.88 Å². The molecule has 1 aliphatic heterocycles. The third kappa shape index (κ3) is 3.20. The Kier molecular flexibility index (Phi) is 4.42. The van der Waals surface area contributed by atoms with Crippen LogP contribution in [0.3, 0.4) is 0 Å². The highest BCUT2D eigenvalue weighted by Crippen LogP contribution is 2.34. The molecule has 3 nitrogen and oxygen atoms in total. The second-order valence-electron chi connectivity index (χ2n) is 5.51. The maximum atomic E-state index is 10.5. The number of halogens is 1. The average Bonchev–Trinajstić information content (AvgIpc) is 2.56. The minimum atomic E-state index is -0.374.